The molecule has 2 heteroatoms. The highest BCUT2D eigenvalue weighted by Crippen LogP contribution is 2.30. The molecule has 0 bridgehead atoms. The average Bonchev–Trinajstić information content (AvgIpc) is 2.65. The summed E-state index contributed by atoms with van der Waals surface area (Å²) < 4.78 is 0. The number of benzene rings is 3. The number of hydrogen-bond acceptors (Lipinski definition) is 2. The fourth-order valence-electron chi connectivity index (χ4n) is 3.42. The number of fused-ring (bicyclic) bond motifs is 1. The third-order valence-electron chi connectivity index (χ3n) is 4.75. The highest BCUT2D eigenvalue weighted by atomic mass is 16.1. The molecule has 0 N–H and O–H groups in total. The molecule has 0 aliphatic rings. The summed E-state index contributed by atoms with van der Waals surface area (Å²) >= 11 is 0. The van der Waals surface area contributed by atoms with E-state index >= 15 is 0 Å². The topological polar surface area (TPSA) is 20.3 Å². The minimum Gasteiger partial charge on any atom is -0.303 e. The Bertz CT molecular complexity index is 826. The smallest absolute Gasteiger partial charge is 0.121 e. The Morgan fingerprint density at radius 2 is 1.56 bits per heavy atom. The first-order valence-electron chi connectivity index (χ1n) is 8.91. The predicted molar refractivity (Wildman–Crippen MR) is 104 cm³/mol. The quantitative estimate of drug-likeness (QED) is 0.542. The van der Waals surface area contributed by atoms with E-state index in [1.807, 2.05) is 6.07 Å². The molecule has 3 rings (SSSR count). The van der Waals surface area contributed by atoms with Crippen molar-refractivity contribution in [2.75, 3.05) is 0 Å². The number of rotatable bonds is 7. The molecule has 0 heterocycles. The first-order valence-corrected chi connectivity index (χ1v) is 8.91. The molecule has 0 spiro atoms. The zero-order valence-corrected chi connectivity index (χ0v) is 14.9. The summed E-state index contributed by atoms with van der Waals surface area (Å²) in [6, 6.07) is 25.8. The van der Waals surface area contributed by atoms with Gasteiger partial charge in [0.2, 0.25) is 0 Å². The fourth-order valence-corrected chi connectivity index (χ4v) is 3.42. The maximum absolute atomic E-state index is 11.4. The van der Waals surface area contributed by atoms with Crippen LogP contribution in [0.25, 0.3) is 10.8 Å². The predicted octanol–water partition coefficient (Wildman–Crippen LogP) is 5.38. The molecule has 0 amide bonds. The van der Waals surface area contributed by atoms with Crippen LogP contribution in [0.1, 0.15) is 37.4 Å². The molecule has 3 aromatic carbocycles. The van der Waals surface area contributed by atoms with Crippen LogP contribution in [-0.2, 0) is 11.3 Å². The lowest BCUT2D eigenvalue weighted by Gasteiger charge is -2.34. The first-order chi connectivity index (χ1) is 12.2. The molecule has 3 aromatic rings. The van der Waals surface area contributed by atoms with Crippen LogP contribution in [0, 0.1) is 0 Å². The van der Waals surface area contributed by atoms with Crippen molar-refractivity contribution in [3.63, 3.8) is 0 Å². The van der Waals surface area contributed by atoms with Crippen molar-refractivity contribution in [3.05, 3.63) is 83.9 Å². The second kappa shape index (κ2) is 8.09. The highest BCUT2D eigenvalue weighted by molar-refractivity contribution is 5.83. The lowest BCUT2D eigenvalue weighted by atomic mass is 9.97. The average molecular weight is 331 g/mol. The third kappa shape index (κ3) is 4.15. The molecule has 0 aliphatic carbocycles. The van der Waals surface area contributed by atoms with Gasteiger partial charge in [0.05, 0.1) is 0 Å². The summed E-state index contributed by atoms with van der Waals surface area (Å²) in [6.45, 7) is 5.23. The van der Waals surface area contributed by atoms with E-state index in [0.717, 1.165) is 12.8 Å². The maximum Gasteiger partial charge on any atom is 0.121 e. The minimum atomic E-state index is 0.0855. The lowest BCUT2D eigenvalue weighted by molar-refractivity contribution is -0.109. The van der Waals surface area contributed by atoms with E-state index in [0.29, 0.717) is 12.5 Å². The number of carbonyl (C=O) groups excluding carboxylic acids is 1. The van der Waals surface area contributed by atoms with Crippen LogP contribution in [0.2, 0.25) is 0 Å². The zero-order chi connectivity index (χ0) is 17.6. The van der Waals surface area contributed by atoms with E-state index < -0.39 is 0 Å². The van der Waals surface area contributed by atoms with E-state index in [-0.39, 0.29) is 6.04 Å². The van der Waals surface area contributed by atoms with Gasteiger partial charge in [-0.1, -0.05) is 66.7 Å². The van der Waals surface area contributed by atoms with Gasteiger partial charge in [-0.05, 0) is 41.8 Å². The van der Waals surface area contributed by atoms with Gasteiger partial charge in [0.1, 0.15) is 6.29 Å². The van der Waals surface area contributed by atoms with E-state index in [1.165, 1.54) is 21.9 Å². The number of aldehydes is 1. The summed E-state index contributed by atoms with van der Waals surface area (Å²) in [6.07, 6.45) is 1.55. The van der Waals surface area contributed by atoms with Crippen molar-refractivity contribution in [2.45, 2.75) is 38.9 Å². The van der Waals surface area contributed by atoms with Gasteiger partial charge in [0.25, 0.3) is 0 Å². The van der Waals surface area contributed by atoms with Crippen LogP contribution in [0.3, 0.4) is 0 Å². The Kier molecular flexibility index (Phi) is 5.62. The second-order valence-corrected chi connectivity index (χ2v) is 6.78. The first kappa shape index (κ1) is 17.4. The van der Waals surface area contributed by atoms with Crippen molar-refractivity contribution in [2.24, 2.45) is 0 Å². The minimum absolute atomic E-state index is 0.0855. The van der Waals surface area contributed by atoms with Gasteiger partial charge >= 0.3 is 0 Å². The van der Waals surface area contributed by atoms with Crippen LogP contribution >= 0.6 is 0 Å². The Labute approximate surface area is 150 Å². The molecule has 0 saturated carbocycles. The molecule has 25 heavy (non-hydrogen) atoms. The van der Waals surface area contributed by atoms with Gasteiger partial charge in [-0.2, -0.15) is 0 Å². The van der Waals surface area contributed by atoms with Crippen LogP contribution in [0.4, 0.5) is 0 Å². The van der Waals surface area contributed by atoms with Gasteiger partial charge in [0.15, 0.2) is 0 Å². The van der Waals surface area contributed by atoms with Crippen molar-refractivity contribution in [1.29, 1.82) is 0 Å². The molecule has 1 atom stereocenters. The van der Waals surface area contributed by atoms with Gasteiger partial charge in [-0.15, -0.1) is 0 Å². The lowest BCUT2D eigenvalue weighted by Crippen LogP contribution is -2.34. The van der Waals surface area contributed by atoms with E-state index in [2.05, 4.69) is 85.5 Å². The fraction of sp³-hybridized carbons (Fsp3) is 0.261. The van der Waals surface area contributed by atoms with E-state index in [1.54, 1.807) is 0 Å². The van der Waals surface area contributed by atoms with Crippen molar-refractivity contribution in [3.8, 4) is 0 Å². The number of carbonyl (C=O) groups is 1. The SMILES string of the molecule is CC(C)N(Cc1ccccc1)C(CC=O)c1ccc2ccccc2c1. The van der Waals surface area contributed by atoms with Crippen LogP contribution in [0.5, 0.6) is 0 Å². The molecular formula is C23H25NO. The van der Waals surface area contributed by atoms with Crippen molar-refractivity contribution >= 4 is 17.1 Å². The summed E-state index contributed by atoms with van der Waals surface area (Å²) in [4.78, 5) is 13.8. The summed E-state index contributed by atoms with van der Waals surface area (Å²) in [5, 5.41) is 2.45. The third-order valence-corrected chi connectivity index (χ3v) is 4.75. The molecule has 1 unspecified atom stereocenters. The van der Waals surface area contributed by atoms with Gasteiger partial charge in [-0.3, -0.25) is 4.90 Å². The molecule has 0 radical (unpaired) electrons. The van der Waals surface area contributed by atoms with Crippen molar-refractivity contribution < 1.29 is 4.79 Å². The molecule has 2 nitrogen and oxygen atoms in total. The molecule has 128 valence electrons. The zero-order valence-electron chi connectivity index (χ0n) is 14.9. The van der Waals surface area contributed by atoms with E-state index in [9.17, 15) is 4.79 Å². The molecule has 0 aromatic heterocycles. The Morgan fingerprint density at radius 1 is 0.880 bits per heavy atom. The Balaban J connectivity index is 1.96. The van der Waals surface area contributed by atoms with Crippen LogP contribution in [0.15, 0.2) is 72.8 Å². The Morgan fingerprint density at radius 3 is 2.24 bits per heavy atom. The largest absolute Gasteiger partial charge is 0.303 e. The standard InChI is InChI=1S/C23H25NO/c1-18(2)24(17-19-8-4-3-5-9-19)23(14-15-25)22-13-12-20-10-6-7-11-21(20)16-22/h3-13,15-16,18,23H,14,17H2,1-2H3. The van der Waals surface area contributed by atoms with Gasteiger partial charge in [0, 0.05) is 25.0 Å². The number of hydrogen-bond donors (Lipinski definition) is 0. The molecular weight excluding hydrogens is 306 g/mol. The Hall–Kier alpha value is -2.45. The van der Waals surface area contributed by atoms with Crippen molar-refractivity contribution in [1.82, 2.24) is 4.90 Å². The summed E-state index contributed by atoms with van der Waals surface area (Å²) in [7, 11) is 0. The number of nitrogens with zero attached hydrogens (tertiary/aromatic N) is 1. The van der Waals surface area contributed by atoms with E-state index in [4.69, 9.17) is 0 Å². The summed E-state index contributed by atoms with van der Waals surface area (Å²) in [5.74, 6) is 0. The second-order valence-electron chi connectivity index (χ2n) is 6.78. The van der Waals surface area contributed by atoms with Crippen LogP contribution < -0.4 is 0 Å². The normalized spacial score (nSPS) is 12.6. The molecule has 0 saturated heterocycles. The van der Waals surface area contributed by atoms with Crippen LogP contribution in [-0.4, -0.2) is 17.2 Å². The highest BCUT2D eigenvalue weighted by Gasteiger charge is 2.23. The monoisotopic (exact) mass is 331 g/mol. The molecule has 0 fully saturated rings. The van der Waals surface area contributed by atoms with Gasteiger partial charge in [-0.25, -0.2) is 0 Å². The molecule has 0 aliphatic heterocycles. The maximum atomic E-state index is 11.4. The summed E-state index contributed by atoms with van der Waals surface area (Å²) in [5.41, 5.74) is 2.48. The van der Waals surface area contributed by atoms with Gasteiger partial charge < -0.3 is 4.79 Å².